The van der Waals surface area contributed by atoms with Crippen LogP contribution in [0.25, 0.3) is 5.70 Å². The first-order chi connectivity index (χ1) is 14.6. The molecule has 0 aromatic heterocycles. The second-order valence-electron chi connectivity index (χ2n) is 8.44. The van der Waals surface area contributed by atoms with Gasteiger partial charge in [0.25, 0.3) is 0 Å². The van der Waals surface area contributed by atoms with Crippen LogP contribution in [0, 0.1) is 11.7 Å². The van der Waals surface area contributed by atoms with Crippen molar-refractivity contribution >= 4 is 11.6 Å². The number of aliphatic hydroxyl groups excluding tert-OH is 1. The van der Waals surface area contributed by atoms with E-state index in [0.717, 1.165) is 44.4 Å². The monoisotopic (exact) mass is 443 g/mol. The van der Waals surface area contributed by atoms with E-state index in [2.05, 4.69) is 11.9 Å². The Kier molecular flexibility index (Phi) is 7.59. The van der Waals surface area contributed by atoms with Crippen LogP contribution in [0.15, 0.2) is 24.8 Å². The summed E-state index contributed by atoms with van der Waals surface area (Å²) in [6, 6.07) is 2.38. The van der Waals surface area contributed by atoms with Crippen LogP contribution in [0.5, 0.6) is 0 Å². The molecule has 31 heavy (non-hydrogen) atoms. The Morgan fingerprint density at radius 2 is 1.87 bits per heavy atom. The van der Waals surface area contributed by atoms with Crippen molar-refractivity contribution in [3.8, 4) is 0 Å². The van der Waals surface area contributed by atoms with Crippen LogP contribution in [0.1, 0.15) is 36.8 Å². The van der Waals surface area contributed by atoms with Crippen molar-refractivity contribution in [2.24, 2.45) is 5.92 Å². The highest BCUT2D eigenvalue weighted by Crippen LogP contribution is 2.31. The number of benzene rings is 1. The summed E-state index contributed by atoms with van der Waals surface area (Å²) in [5.74, 6) is -0.654. The van der Waals surface area contributed by atoms with Gasteiger partial charge in [-0.3, -0.25) is 9.69 Å². The van der Waals surface area contributed by atoms with Crippen molar-refractivity contribution in [3.63, 3.8) is 0 Å². The normalized spacial score (nSPS) is 21.2. The van der Waals surface area contributed by atoms with Crippen LogP contribution in [-0.2, 0) is 11.0 Å². The van der Waals surface area contributed by atoms with Crippen molar-refractivity contribution in [1.29, 1.82) is 0 Å². The molecule has 2 N–H and O–H groups in total. The van der Waals surface area contributed by atoms with Gasteiger partial charge in [-0.25, -0.2) is 4.39 Å². The van der Waals surface area contributed by atoms with Gasteiger partial charge in [0.2, 0.25) is 5.91 Å². The molecule has 1 unspecified atom stereocenters. The molecule has 1 aromatic carbocycles. The topological polar surface area (TPSA) is 55.8 Å². The third kappa shape index (κ3) is 6.67. The summed E-state index contributed by atoms with van der Waals surface area (Å²) >= 11 is 0. The number of likely N-dealkylation sites (tertiary alicyclic amines) is 2. The molecular formula is C22H29F4N3O2. The van der Waals surface area contributed by atoms with Crippen molar-refractivity contribution in [1.82, 2.24) is 15.1 Å². The lowest BCUT2D eigenvalue weighted by Gasteiger charge is -2.35. The van der Waals surface area contributed by atoms with E-state index in [1.807, 2.05) is 9.80 Å². The van der Waals surface area contributed by atoms with Crippen molar-refractivity contribution in [2.45, 2.75) is 38.0 Å². The van der Waals surface area contributed by atoms with Crippen LogP contribution in [0.2, 0.25) is 0 Å². The molecule has 1 amide bonds. The van der Waals surface area contributed by atoms with Crippen LogP contribution in [-0.4, -0.2) is 66.2 Å². The van der Waals surface area contributed by atoms with E-state index in [0.29, 0.717) is 38.8 Å². The number of halogens is 4. The van der Waals surface area contributed by atoms with Gasteiger partial charge < -0.3 is 15.3 Å². The number of aliphatic hydroxyl groups is 1. The van der Waals surface area contributed by atoms with Crippen LogP contribution < -0.4 is 5.32 Å². The summed E-state index contributed by atoms with van der Waals surface area (Å²) < 4.78 is 52.3. The standard InChI is InChI=1S/C22H29F4N3O2/c1-15(17-9-18(22(24,25)26)11-19(23)10-17)27-12-16-4-7-29(8-5-16)21(31)14-28-6-2-3-20(30)13-28/h9-11,16,20,27,30H,1-8,12-14H2. The van der Waals surface area contributed by atoms with Gasteiger partial charge in [-0.05, 0) is 56.3 Å². The number of piperidine rings is 2. The predicted molar refractivity (Wildman–Crippen MR) is 109 cm³/mol. The fraction of sp³-hybridized carbons (Fsp3) is 0.591. The zero-order valence-corrected chi connectivity index (χ0v) is 17.4. The quantitative estimate of drug-likeness (QED) is 0.664. The van der Waals surface area contributed by atoms with Crippen LogP contribution >= 0.6 is 0 Å². The molecule has 172 valence electrons. The maximum Gasteiger partial charge on any atom is 0.416 e. The summed E-state index contributed by atoms with van der Waals surface area (Å²) in [4.78, 5) is 16.3. The van der Waals surface area contributed by atoms with Gasteiger partial charge in [-0.15, -0.1) is 0 Å². The largest absolute Gasteiger partial charge is 0.416 e. The molecule has 0 radical (unpaired) electrons. The number of carbonyl (C=O) groups is 1. The lowest BCUT2D eigenvalue weighted by molar-refractivity contribution is -0.138. The summed E-state index contributed by atoms with van der Waals surface area (Å²) in [6.07, 6.45) is -1.78. The van der Waals surface area contributed by atoms with Crippen molar-refractivity contribution in [3.05, 3.63) is 41.7 Å². The number of nitrogens with one attached hydrogen (secondary N) is 1. The van der Waals surface area contributed by atoms with Gasteiger partial charge in [0.15, 0.2) is 0 Å². The molecule has 0 bridgehead atoms. The minimum atomic E-state index is -4.62. The third-order valence-corrected chi connectivity index (χ3v) is 5.98. The lowest BCUT2D eigenvalue weighted by Crippen LogP contribution is -2.48. The van der Waals surface area contributed by atoms with E-state index >= 15 is 0 Å². The van der Waals surface area contributed by atoms with E-state index in [1.165, 1.54) is 0 Å². The van der Waals surface area contributed by atoms with Gasteiger partial charge in [0.1, 0.15) is 5.82 Å². The van der Waals surface area contributed by atoms with Crippen molar-refractivity contribution < 1.29 is 27.5 Å². The highest BCUT2D eigenvalue weighted by atomic mass is 19.4. The van der Waals surface area contributed by atoms with Gasteiger partial charge >= 0.3 is 6.18 Å². The fourth-order valence-corrected chi connectivity index (χ4v) is 4.15. The Morgan fingerprint density at radius 3 is 2.52 bits per heavy atom. The molecule has 0 saturated carbocycles. The van der Waals surface area contributed by atoms with Crippen molar-refractivity contribution in [2.75, 3.05) is 39.3 Å². The lowest BCUT2D eigenvalue weighted by atomic mass is 9.96. The first kappa shape index (κ1) is 23.5. The van der Waals surface area contributed by atoms with E-state index in [4.69, 9.17) is 0 Å². The minimum Gasteiger partial charge on any atom is -0.392 e. The summed E-state index contributed by atoms with van der Waals surface area (Å²) in [5.41, 5.74) is -0.727. The highest BCUT2D eigenvalue weighted by Gasteiger charge is 2.31. The summed E-state index contributed by atoms with van der Waals surface area (Å²) in [5, 5.41) is 12.8. The number of amides is 1. The van der Waals surface area contributed by atoms with E-state index < -0.39 is 17.6 Å². The number of hydrogen-bond acceptors (Lipinski definition) is 4. The van der Waals surface area contributed by atoms with Gasteiger partial charge in [-0.1, -0.05) is 6.58 Å². The Morgan fingerprint density at radius 1 is 1.16 bits per heavy atom. The number of rotatable bonds is 6. The van der Waals surface area contributed by atoms with Gasteiger partial charge in [0.05, 0.1) is 18.2 Å². The fourth-order valence-electron chi connectivity index (χ4n) is 4.15. The van der Waals surface area contributed by atoms with E-state index in [9.17, 15) is 27.5 Å². The molecule has 1 aromatic rings. The van der Waals surface area contributed by atoms with Crippen LogP contribution in [0.4, 0.5) is 17.6 Å². The maximum absolute atomic E-state index is 13.6. The predicted octanol–water partition coefficient (Wildman–Crippen LogP) is 3.10. The molecule has 2 saturated heterocycles. The molecule has 2 fully saturated rings. The number of hydrogen-bond donors (Lipinski definition) is 2. The summed E-state index contributed by atoms with van der Waals surface area (Å²) in [7, 11) is 0. The minimum absolute atomic E-state index is 0.0596. The molecule has 9 heteroatoms. The average Bonchev–Trinajstić information content (AvgIpc) is 2.71. The Balaban J connectivity index is 1.44. The first-order valence-electron chi connectivity index (χ1n) is 10.6. The average molecular weight is 443 g/mol. The maximum atomic E-state index is 13.6. The first-order valence-corrected chi connectivity index (χ1v) is 10.6. The SMILES string of the molecule is C=C(NCC1CCN(C(=O)CN2CCCC(O)C2)CC1)c1cc(F)cc(C(F)(F)F)c1. The Hall–Kier alpha value is -2.13. The van der Waals surface area contributed by atoms with Gasteiger partial charge in [0, 0.05) is 37.4 Å². The molecule has 2 aliphatic rings. The molecular weight excluding hydrogens is 414 g/mol. The number of β-amino-alcohol motifs (C(OH)–C–C–N with tert-alkyl or cyclic N) is 1. The molecule has 2 heterocycles. The van der Waals surface area contributed by atoms with Gasteiger partial charge in [-0.2, -0.15) is 13.2 Å². The smallest absolute Gasteiger partial charge is 0.392 e. The third-order valence-electron chi connectivity index (χ3n) is 5.98. The second kappa shape index (κ2) is 9.99. The van der Waals surface area contributed by atoms with E-state index in [1.54, 1.807) is 0 Å². The second-order valence-corrected chi connectivity index (χ2v) is 8.44. The summed E-state index contributed by atoms with van der Waals surface area (Å²) in [6.45, 7) is 7.15. The molecule has 5 nitrogen and oxygen atoms in total. The molecule has 0 spiro atoms. The number of nitrogens with zero attached hydrogens (tertiary/aromatic N) is 2. The molecule has 2 aliphatic heterocycles. The van der Waals surface area contributed by atoms with E-state index in [-0.39, 0.29) is 29.2 Å². The molecule has 0 aliphatic carbocycles. The Bertz CT molecular complexity index is 791. The molecule has 3 rings (SSSR count). The van der Waals surface area contributed by atoms with Crippen LogP contribution in [0.3, 0.4) is 0 Å². The Labute approximate surface area is 179 Å². The number of carbonyl (C=O) groups excluding carboxylic acids is 1. The zero-order valence-electron chi connectivity index (χ0n) is 17.4. The number of alkyl halides is 3. The molecule has 1 atom stereocenters. The highest BCUT2D eigenvalue weighted by molar-refractivity contribution is 5.78. The zero-order chi connectivity index (χ0) is 22.6.